The van der Waals surface area contributed by atoms with Gasteiger partial charge in [-0.05, 0) is 31.9 Å². The Morgan fingerprint density at radius 3 is 2.81 bits per heavy atom. The molecule has 1 fully saturated rings. The van der Waals surface area contributed by atoms with Gasteiger partial charge in [-0.3, -0.25) is 4.79 Å². The summed E-state index contributed by atoms with van der Waals surface area (Å²) in [6.45, 7) is 4.45. The van der Waals surface area contributed by atoms with Crippen molar-refractivity contribution in [2.45, 2.75) is 32.8 Å². The van der Waals surface area contributed by atoms with Gasteiger partial charge in [0, 0.05) is 12.1 Å². The Kier molecular flexibility index (Phi) is 2.97. The van der Waals surface area contributed by atoms with Crippen LogP contribution in [-0.4, -0.2) is 23.7 Å². The van der Waals surface area contributed by atoms with E-state index in [1.807, 2.05) is 26.0 Å². The van der Waals surface area contributed by atoms with Crippen LogP contribution in [-0.2, 0) is 4.79 Å². The van der Waals surface area contributed by atoms with Gasteiger partial charge in [-0.2, -0.15) is 0 Å². The number of piperidine rings is 1. The van der Waals surface area contributed by atoms with Crippen LogP contribution in [0.3, 0.4) is 0 Å². The van der Waals surface area contributed by atoms with Gasteiger partial charge in [0.05, 0.1) is 12.6 Å². The Morgan fingerprint density at radius 1 is 1.38 bits per heavy atom. The number of nitrogens with zero attached hydrogens (tertiary/aromatic N) is 1. The summed E-state index contributed by atoms with van der Waals surface area (Å²) in [4.78, 5) is 13.5. The van der Waals surface area contributed by atoms with E-state index in [0.717, 1.165) is 11.3 Å². The number of carbonyl (C=O) groups is 1. The van der Waals surface area contributed by atoms with Gasteiger partial charge in [-0.1, -0.05) is 17.7 Å². The molecule has 16 heavy (non-hydrogen) atoms. The van der Waals surface area contributed by atoms with Crippen molar-refractivity contribution in [3.8, 4) is 0 Å². The van der Waals surface area contributed by atoms with Gasteiger partial charge in [0.2, 0.25) is 5.91 Å². The minimum Gasteiger partial charge on any atom is -0.391 e. The number of benzene rings is 1. The average Bonchev–Trinajstić information content (AvgIpc) is 2.22. The van der Waals surface area contributed by atoms with Crippen molar-refractivity contribution in [3.63, 3.8) is 0 Å². The molecule has 1 aliphatic rings. The molecular weight excluding hydrogens is 202 g/mol. The second kappa shape index (κ2) is 4.26. The number of aliphatic hydroxyl groups is 1. The van der Waals surface area contributed by atoms with E-state index in [1.165, 1.54) is 5.56 Å². The molecule has 0 radical (unpaired) electrons. The molecule has 1 aliphatic heterocycles. The predicted molar refractivity (Wildman–Crippen MR) is 63.5 cm³/mol. The maximum atomic E-state index is 11.8. The molecule has 0 spiro atoms. The van der Waals surface area contributed by atoms with Crippen LogP contribution >= 0.6 is 0 Å². The standard InChI is InChI=1S/C13H17NO2/c1-9-3-5-12(10(2)7-9)14-8-11(15)4-6-13(14)16/h3,5,7,11,15H,4,6,8H2,1-2H3. The van der Waals surface area contributed by atoms with Gasteiger partial charge in [0.15, 0.2) is 0 Å². The lowest BCUT2D eigenvalue weighted by Crippen LogP contribution is -2.42. The lowest BCUT2D eigenvalue weighted by atomic mass is 10.0. The van der Waals surface area contributed by atoms with Crippen LogP contribution in [0.25, 0.3) is 0 Å². The zero-order chi connectivity index (χ0) is 11.7. The SMILES string of the molecule is Cc1ccc(N2CC(O)CCC2=O)c(C)c1. The lowest BCUT2D eigenvalue weighted by Gasteiger charge is -2.31. The topological polar surface area (TPSA) is 40.5 Å². The van der Waals surface area contributed by atoms with Crippen molar-refractivity contribution >= 4 is 11.6 Å². The quantitative estimate of drug-likeness (QED) is 0.782. The highest BCUT2D eigenvalue weighted by Gasteiger charge is 2.26. The second-order valence-corrected chi connectivity index (χ2v) is 4.49. The summed E-state index contributed by atoms with van der Waals surface area (Å²) in [5.41, 5.74) is 3.20. The van der Waals surface area contributed by atoms with Crippen molar-refractivity contribution < 1.29 is 9.90 Å². The van der Waals surface area contributed by atoms with E-state index in [4.69, 9.17) is 0 Å². The minimum absolute atomic E-state index is 0.109. The third kappa shape index (κ3) is 2.09. The largest absolute Gasteiger partial charge is 0.391 e. The first-order chi connectivity index (χ1) is 7.58. The fraction of sp³-hybridized carbons (Fsp3) is 0.462. The van der Waals surface area contributed by atoms with Crippen molar-refractivity contribution in [2.24, 2.45) is 0 Å². The highest BCUT2D eigenvalue weighted by molar-refractivity contribution is 5.94. The van der Waals surface area contributed by atoms with E-state index in [-0.39, 0.29) is 5.91 Å². The van der Waals surface area contributed by atoms with Gasteiger partial charge < -0.3 is 10.0 Å². The molecule has 1 atom stereocenters. The predicted octanol–water partition coefficient (Wildman–Crippen LogP) is 1.79. The number of aliphatic hydroxyl groups excluding tert-OH is 1. The van der Waals surface area contributed by atoms with Crippen LogP contribution in [0.4, 0.5) is 5.69 Å². The highest BCUT2D eigenvalue weighted by Crippen LogP contribution is 2.25. The van der Waals surface area contributed by atoms with Crippen LogP contribution in [0.2, 0.25) is 0 Å². The maximum Gasteiger partial charge on any atom is 0.227 e. The highest BCUT2D eigenvalue weighted by atomic mass is 16.3. The van der Waals surface area contributed by atoms with Crippen molar-refractivity contribution in [1.29, 1.82) is 0 Å². The number of amides is 1. The Balaban J connectivity index is 2.31. The van der Waals surface area contributed by atoms with E-state index < -0.39 is 6.10 Å². The first-order valence-corrected chi connectivity index (χ1v) is 5.63. The van der Waals surface area contributed by atoms with E-state index >= 15 is 0 Å². The summed E-state index contributed by atoms with van der Waals surface area (Å²) in [7, 11) is 0. The zero-order valence-electron chi connectivity index (χ0n) is 9.73. The van der Waals surface area contributed by atoms with Crippen LogP contribution in [0.15, 0.2) is 18.2 Å². The zero-order valence-corrected chi connectivity index (χ0v) is 9.73. The molecule has 0 aromatic heterocycles. The summed E-state index contributed by atoms with van der Waals surface area (Å²) < 4.78 is 0. The summed E-state index contributed by atoms with van der Waals surface area (Å²) in [5.74, 6) is 0.109. The summed E-state index contributed by atoms with van der Waals surface area (Å²) in [5, 5.41) is 9.61. The van der Waals surface area contributed by atoms with E-state index in [9.17, 15) is 9.90 Å². The minimum atomic E-state index is -0.390. The Hall–Kier alpha value is -1.35. The Labute approximate surface area is 95.7 Å². The molecule has 0 bridgehead atoms. The molecule has 3 heteroatoms. The number of hydrogen-bond acceptors (Lipinski definition) is 2. The summed E-state index contributed by atoms with van der Waals surface area (Å²) in [6, 6.07) is 6.01. The smallest absolute Gasteiger partial charge is 0.227 e. The van der Waals surface area contributed by atoms with Crippen molar-refractivity contribution in [3.05, 3.63) is 29.3 Å². The number of hydrogen-bond donors (Lipinski definition) is 1. The first-order valence-electron chi connectivity index (χ1n) is 5.63. The van der Waals surface area contributed by atoms with Crippen molar-refractivity contribution in [1.82, 2.24) is 0 Å². The Bertz CT molecular complexity index is 414. The van der Waals surface area contributed by atoms with E-state index in [2.05, 4.69) is 6.07 Å². The van der Waals surface area contributed by atoms with Crippen LogP contribution in [0, 0.1) is 13.8 Å². The third-order valence-corrected chi connectivity index (χ3v) is 3.03. The molecule has 1 heterocycles. The molecule has 1 N–H and O–H groups in total. The van der Waals surface area contributed by atoms with E-state index in [1.54, 1.807) is 4.90 Å². The van der Waals surface area contributed by atoms with Gasteiger partial charge in [-0.15, -0.1) is 0 Å². The number of rotatable bonds is 1. The van der Waals surface area contributed by atoms with Gasteiger partial charge >= 0.3 is 0 Å². The monoisotopic (exact) mass is 219 g/mol. The molecule has 3 nitrogen and oxygen atoms in total. The Morgan fingerprint density at radius 2 is 2.12 bits per heavy atom. The molecule has 0 aliphatic carbocycles. The molecule has 86 valence electrons. The number of β-amino-alcohol motifs (C(OH)–C–C–N with tert-alkyl or cyclic N) is 1. The fourth-order valence-electron chi connectivity index (χ4n) is 2.17. The van der Waals surface area contributed by atoms with Gasteiger partial charge in [-0.25, -0.2) is 0 Å². The number of carbonyl (C=O) groups excluding carboxylic acids is 1. The molecule has 0 saturated carbocycles. The third-order valence-electron chi connectivity index (χ3n) is 3.03. The second-order valence-electron chi connectivity index (χ2n) is 4.49. The molecule has 2 rings (SSSR count). The summed E-state index contributed by atoms with van der Waals surface area (Å²) >= 11 is 0. The average molecular weight is 219 g/mol. The number of anilines is 1. The molecule has 1 amide bonds. The molecule has 1 saturated heterocycles. The number of aryl methyl sites for hydroxylation is 2. The first kappa shape index (κ1) is 11.1. The van der Waals surface area contributed by atoms with E-state index in [0.29, 0.717) is 19.4 Å². The molecular formula is C13H17NO2. The van der Waals surface area contributed by atoms with Crippen LogP contribution < -0.4 is 4.90 Å². The molecule has 1 aromatic rings. The fourth-order valence-corrected chi connectivity index (χ4v) is 2.17. The van der Waals surface area contributed by atoms with Gasteiger partial charge in [0.1, 0.15) is 0 Å². The lowest BCUT2D eigenvalue weighted by molar-refractivity contribution is -0.121. The maximum absolute atomic E-state index is 11.8. The van der Waals surface area contributed by atoms with Crippen LogP contribution in [0.1, 0.15) is 24.0 Å². The van der Waals surface area contributed by atoms with Gasteiger partial charge in [0.25, 0.3) is 0 Å². The normalized spacial score (nSPS) is 21.3. The molecule has 1 aromatic carbocycles. The van der Waals surface area contributed by atoms with Crippen molar-refractivity contribution in [2.75, 3.05) is 11.4 Å². The van der Waals surface area contributed by atoms with Crippen LogP contribution in [0.5, 0.6) is 0 Å². The molecule has 1 unspecified atom stereocenters. The summed E-state index contributed by atoms with van der Waals surface area (Å²) in [6.07, 6.45) is 0.632.